The molecule has 0 aliphatic carbocycles. The number of hydrogen-bond donors (Lipinski definition) is 1. The summed E-state index contributed by atoms with van der Waals surface area (Å²) < 4.78 is 1.21. The maximum absolute atomic E-state index is 3.77. The fourth-order valence-corrected chi connectivity index (χ4v) is 4.23. The Morgan fingerprint density at radius 2 is 2.20 bits per heavy atom. The summed E-state index contributed by atoms with van der Waals surface area (Å²) in [5.74, 6) is 0. The lowest BCUT2D eigenvalue weighted by Gasteiger charge is -2.50. The van der Waals surface area contributed by atoms with E-state index in [4.69, 9.17) is 0 Å². The molecule has 2 heterocycles. The van der Waals surface area contributed by atoms with Gasteiger partial charge < -0.3 is 5.32 Å². The van der Waals surface area contributed by atoms with Gasteiger partial charge in [-0.25, -0.2) is 0 Å². The summed E-state index contributed by atoms with van der Waals surface area (Å²) >= 11 is 5.42. The van der Waals surface area contributed by atoms with Crippen molar-refractivity contribution in [2.75, 3.05) is 13.1 Å². The molecule has 0 spiro atoms. The van der Waals surface area contributed by atoms with E-state index in [9.17, 15) is 0 Å². The van der Waals surface area contributed by atoms with E-state index in [0.29, 0.717) is 11.5 Å². The number of hydrogen-bond acceptors (Lipinski definition) is 3. The van der Waals surface area contributed by atoms with Crippen molar-refractivity contribution < 1.29 is 0 Å². The van der Waals surface area contributed by atoms with E-state index in [1.807, 2.05) is 11.3 Å². The third kappa shape index (κ3) is 3.65. The average molecular weight is 359 g/mol. The summed E-state index contributed by atoms with van der Waals surface area (Å²) in [6, 6.07) is 2.82. The molecule has 1 saturated heterocycles. The molecule has 1 aromatic rings. The van der Waals surface area contributed by atoms with Gasteiger partial charge in [0.05, 0.1) is 0 Å². The largest absolute Gasteiger partial charge is 0.310 e. The zero-order valence-corrected chi connectivity index (χ0v) is 15.7. The van der Waals surface area contributed by atoms with Crippen LogP contribution in [0.25, 0.3) is 0 Å². The van der Waals surface area contributed by atoms with Crippen molar-refractivity contribution in [2.24, 2.45) is 5.41 Å². The second kappa shape index (κ2) is 6.07. The van der Waals surface area contributed by atoms with Gasteiger partial charge in [-0.15, -0.1) is 11.3 Å². The Balaban J connectivity index is 2.15. The van der Waals surface area contributed by atoms with E-state index < -0.39 is 0 Å². The summed E-state index contributed by atoms with van der Waals surface area (Å²) in [7, 11) is 0. The highest BCUT2D eigenvalue weighted by Gasteiger charge is 2.39. The van der Waals surface area contributed by atoms with Crippen LogP contribution in [0.4, 0.5) is 0 Å². The first-order valence-electron chi connectivity index (χ1n) is 7.46. The van der Waals surface area contributed by atoms with E-state index in [1.54, 1.807) is 0 Å². The van der Waals surface area contributed by atoms with E-state index in [2.05, 4.69) is 72.2 Å². The fraction of sp³-hybridized carbons (Fsp3) is 0.750. The third-order valence-electron chi connectivity index (χ3n) is 4.67. The summed E-state index contributed by atoms with van der Waals surface area (Å²) in [4.78, 5) is 4.13. The van der Waals surface area contributed by atoms with Crippen molar-refractivity contribution >= 4 is 27.3 Å². The topological polar surface area (TPSA) is 15.3 Å². The molecule has 114 valence electrons. The van der Waals surface area contributed by atoms with Crippen LogP contribution < -0.4 is 5.32 Å². The normalized spacial score (nSPS) is 28.8. The van der Waals surface area contributed by atoms with Gasteiger partial charge in [-0.3, -0.25) is 4.90 Å². The molecule has 1 fully saturated rings. The number of rotatable bonds is 3. The maximum atomic E-state index is 3.77. The molecule has 2 unspecified atom stereocenters. The molecule has 1 N–H and O–H groups in total. The second-order valence-corrected chi connectivity index (χ2v) is 9.17. The van der Waals surface area contributed by atoms with Gasteiger partial charge >= 0.3 is 0 Å². The molecular formula is C16H27BrN2S. The zero-order chi connectivity index (χ0) is 15.0. The molecule has 0 saturated carbocycles. The van der Waals surface area contributed by atoms with Crippen LogP contribution >= 0.6 is 27.3 Å². The number of nitrogens with one attached hydrogen (secondary N) is 1. The van der Waals surface area contributed by atoms with Crippen molar-refractivity contribution in [1.82, 2.24) is 10.2 Å². The van der Waals surface area contributed by atoms with Crippen LogP contribution in [0.2, 0.25) is 0 Å². The Kier molecular flexibility index (Phi) is 5.00. The molecule has 2 rings (SSSR count). The van der Waals surface area contributed by atoms with Crippen molar-refractivity contribution in [1.29, 1.82) is 0 Å². The van der Waals surface area contributed by atoms with Crippen molar-refractivity contribution in [2.45, 2.75) is 59.2 Å². The molecule has 2 atom stereocenters. The summed E-state index contributed by atoms with van der Waals surface area (Å²) in [6.07, 6.45) is 1.18. The molecule has 0 radical (unpaired) electrons. The summed E-state index contributed by atoms with van der Waals surface area (Å²) in [6.45, 7) is 15.0. The predicted molar refractivity (Wildman–Crippen MR) is 92.4 cm³/mol. The van der Waals surface area contributed by atoms with Gasteiger partial charge in [0.2, 0.25) is 0 Å². The molecule has 2 nitrogen and oxygen atoms in total. The molecule has 4 heteroatoms. The second-order valence-electron chi connectivity index (χ2n) is 7.26. The molecule has 1 aromatic heterocycles. The first-order chi connectivity index (χ1) is 9.24. The Labute approximate surface area is 136 Å². The average Bonchev–Trinajstić information content (AvgIpc) is 2.76. The van der Waals surface area contributed by atoms with E-state index in [0.717, 1.165) is 19.6 Å². The highest BCUT2D eigenvalue weighted by Crippen LogP contribution is 2.32. The Hall–Kier alpha value is 0.1000. The summed E-state index contributed by atoms with van der Waals surface area (Å²) in [5.41, 5.74) is 0.571. The molecule has 0 aromatic carbocycles. The van der Waals surface area contributed by atoms with Gasteiger partial charge in [0.15, 0.2) is 0 Å². The van der Waals surface area contributed by atoms with Crippen LogP contribution in [-0.2, 0) is 6.54 Å². The van der Waals surface area contributed by atoms with Gasteiger partial charge in [0, 0.05) is 45.9 Å². The smallest absolute Gasteiger partial charge is 0.0334 e. The Bertz CT molecular complexity index is 452. The number of thiophene rings is 1. The van der Waals surface area contributed by atoms with E-state index in [1.165, 1.54) is 15.8 Å². The van der Waals surface area contributed by atoms with Crippen molar-refractivity contribution in [3.8, 4) is 0 Å². The lowest BCUT2D eigenvalue weighted by Crippen LogP contribution is -2.65. The van der Waals surface area contributed by atoms with Gasteiger partial charge in [0.1, 0.15) is 0 Å². The van der Waals surface area contributed by atoms with Gasteiger partial charge in [-0.2, -0.15) is 0 Å². The molecule has 1 aliphatic rings. The zero-order valence-electron chi connectivity index (χ0n) is 13.3. The SMILES string of the molecule is CCC1(C)CNC(C(C)(C)C)CN1Cc1cc(Br)cs1. The monoisotopic (exact) mass is 358 g/mol. The summed E-state index contributed by atoms with van der Waals surface area (Å²) in [5, 5.41) is 5.96. The van der Waals surface area contributed by atoms with Crippen molar-refractivity contribution in [3.63, 3.8) is 0 Å². The van der Waals surface area contributed by atoms with Crippen LogP contribution in [-0.4, -0.2) is 29.6 Å². The highest BCUT2D eigenvalue weighted by molar-refractivity contribution is 9.10. The predicted octanol–water partition coefficient (Wildman–Crippen LogP) is 4.50. The van der Waals surface area contributed by atoms with Gasteiger partial charge in [-0.05, 0) is 40.8 Å². The third-order valence-corrected chi connectivity index (χ3v) is 6.35. The van der Waals surface area contributed by atoms with Crippen LogP contribution in [0.1, 0.15) is 45.9 Å². The maximum Gasteiger partial charge on any atom is 0.0334 e. The molecule has 1 aliphatic heterocycles. The van der Waals surface area contributed by atoms with Crippen LogP contribution in [0, 0.1) is 5.41 Å². The van der Waals surface area contributed by atoms with Gasteiger partial charge in [-0.1, -0.05) is 27.7 Å². The van der Waals surface area contributed by atoms with Gasteiger partial charge in [0.25, 0.3) is 0 Å². The highest BCUT2D eigenvalue weighted by atomic mass is 79.9. The molecule has 20 heavy (non-hydrogen) atoms. The minimum absolute atomic E-state index is 0.262. The van der Waals surface area contributed by atoms with Crippen LogP contribution in [0.5, 0.6) is 0 Å². The Morgan fingerprint density at radius 3 is 2.70 bits per heavy atom. The minimum Gasteiger partial charge on any atom is -0.310 e. The lowest BCUT2D eigenvalue weighted by atomic mass is 9.81. The fourth-order valence-electron chi connectivity index (χ4n) is 2.77. The van der Waals surface area contributed by atoms with E-state index in [-0.39, 0.29) is 5.54 Å². The number of halogens is 1. The molecular weight excluding hydrogens is 332 g/mol. The first kappa shape index (κ1) is 16.5. The lowest BCUT2D eigenvalue weighted by molar-refractivity contribution is 0.0165. The number of piperazine rings is 1. The molecule has 0 bridgehead atoms. The van der Waals surface area contributed by atoms with Crippen LogP contribution in [0.3, 0.4) is 0 Å². The Morgan fingerprint density at radius 1 is 1.50 bits per heavy atom. The number of nitrogens with zero attached hydrogens (tertiary/aromatic N) is 1. The van der Waals surface area contributed by atoms with E-state index >= 15 is 0 Å². The quantitative estimate of drug-likeness (QED) is 0.855. The first-order valence-corrected chi connectivity index (χ1v) is 9.13. The van der Waals surface area contributed by atoms with Crippen molar-refractivity contribution in [3.05, 3.63) is 20.8 Å². The minimum atomic E-state index is 0.262. The molecule has 0 amide bonds. The standard InChI is InChI=1S/C16H27BrN2S/c1-6-16(5)11-18-14(15(2,3)4)9-19(16)8-13-7-12(17)10-20-13/h7,10,14,18H,6,8-9,11H2,1-5H3. The van der Waals surface area contributed by atoms with Crippen LogP contribution in [0.15, 0.2) is 15.9 Å².